The third-order valence-corrected chi connectivity index (χ3v) is 9.08. The van der Waals surface area contributed by atoms with E-state index in [1.165, 1.54) is 44.9 Å². The van der Waals surface area contributed by atoms with E-state index in [4.69, 9.17) is 0 Å². The summed E-state index contributed by atoms with van der Waals surface area (Å²) >= 11 is 0. The molecular formula is C23H38O. The summed E-state index contributed by atoms with van der Waals surface area (Å²) in [7, 11) is 0. The van der Waals surface area contributed by atoms with Gasteiger partial charge in [0.2, 0.25) is 0 Å². The number of rotatable bonds is 1. The zero-order valence-corrected chi connectivity index (χ0v) is 16.4. The van der Waals surface area contributed by atoms with Crippen molar-refractivity contribution in [3.05, 3.63) is 11.6 Å². The van der Waals surface area contributed by atoms with Gasteiger partial charge in [0.25, 0.3) is 0 Å². The Labute approximate surface area is 149 Å². The quantitative estimate of drug-likeness (QED) is 0.587. The van der Waals surface area contributed by atoms with Gasteiger partial charge >= 0.3 is 0 Å². The second-order valence-electron chi connectivity index (χ2n) is 10.2. The molecule has 0 aromatic rings. The van der Waals surface area contributed by atoms with Crippen LogP contribution in [0.4, 0.5) is 0 Å². The number of hydrogen-bond acceptors (Lipinski definition) is 1. The van der Waals surface area contributed by atoms with Crippen LogP contribution in [0.25, 0.3) is 0 Å². The minimum Gasteiger partial charge on any atom is -0.390 e. The van der Waals surface area contributed by atoms with E-state index in [1.807, 2.05) is 0 Å². The molecule has 0 spiro atoms. The first kappa shape index (κ1) is 17.1. The Hall–Kier alpha value is -0.300. The molecule has 0 aromatic carbocycles. The lowest BCUT2D eigenvalue weighted by atomic mass is 9.48. The van der Waals surface area contributed by atoms with E-state index in [1.54, 1.807) is 5.57 Å². The van der Waals surface area contributed by atoms with Crippen molar-refractivity contribution in [1.82, 2.24) is 0 Å². The minimum absolute atomic E-state index is 0.380. The molecule has 24 heavy (non-hydrogen) atoms. The van der Waals surface area contributed by atoms with Crippen LogP contribution < -0.4 is 0 Å². The van der Waals surface area contributed by atoms with Crippen molar-refractivity contribution in [2.24, 2.45) is 40.9 Å². The Kier molecular flexibility index (Phi) is 4.18. The molecule has 136 valence electrons. The van der Waals surface area contributed by atoms with Crippen LogP contribution in [0.5, 0.6) is 0 Å². The Balaban J connectivity index is 1.61. The van der Waals surface area contributed by atoms with E-state index in [0.29, 0.717) is 5.41 Å². The molecule has 0 aromatic heterocycles. The van der Waals surface area contributed by atoms with Crippen LogP contribution in [0.15, 0.2) is 11.6 Å². The SMILES string of the molecule is CC=C1C[C@@H](CC)[C@H]2[C@@H]3CC[C@@H]4C[C@](C)(O)CC[C@@H]4[C@H]3CC[C@]12C. The topological polar surface area (TPSA) is 20.2 Å². The van der Waals surface area contributed by atoms with Crippen LogP contribution >= 0.6 is 0 Å². The molecule has 0 amide bonds. The molecule has 0 bridgehead atoms. The fourth-order valence-electron chi connectivity index (χ4n) is 8.06. The first-order valence-electron chi connectivity index (χ1n) is 10.8. The second kappa shape index (κ2) is 5.86. The number of allylic oxidation sites excluding steroid dienone is 2. The van der Waals surface area contributed by atoms with E-state index >= 15 is 0 Å². The number of fused-ring (bicyclic) bond motifs is 5. The lowest BCUT2D eigenvalue weighted by Gasteiger charge is -2.57. The highest BCUT2D eigenvalue weighted by Crippen LogP contribution is 2.66. The average Bonchev–Trinajstić information content (AvgIpc) is 2.85. The maximum atomic E-state index is 10.5. The van der Waals surface area contributed by atoms with Gasteiger partial charge in [0.05, 0.1) is 5.60 Å². The Bertz CT molecular complexity index is 518. The molecular weight excluding hydrogens is 292 g/mol. The third-order valence-electron chi connectivity index (χ3n) is 9.08. The van der Waals surface area contributed by atoms with Gasteiger partial charge < -0.3 is 5.11 Å². The smallest absolute Gasteiger partial charge is 0.0622 e. The highest BCUT2D eigenvalue weighted by atomic mass is 16.3. The predicted octanol–water partition coefficient (Wildman–Crippen LogP) is 5.97. The Morgan fingerprint density at radius 3 is 2.50 bits per heavy atom. The average molecular weight is 331 g/mol. The van der Waals surface area contributed by atoms with Crippen molar-refractivity contribution in [2.75, 3.05) is 0 Å². The molecule has 0 heterocycles. The molecule has 4 aliphatic carbocycles. The van der Waals surface area contributed by atoms with Crippen LogP contribution in [0.1, 0.15) is 85.5 Å². The summed E-state index contributed by atoms with van der Waals surface area (Å²) in [5.41, 5.74) is 1.91. The van der Waals surface area contributed by atoms with Crippen molar-refractivity contribution in [1.29, 1.82) is 0 Å². The summed E-state index contributed by atoms with van der Waals surface area (Å²) in [4.78, 5) is 0. The summed E-state index contributed by atoms with van der Waals surface area (Å²) in [5, 5.41) is 10.5. The lowest BCUT2D eigenvalue weighted by Crippen LogP contribution is -2.50. The molecule has 0 aliphatic heterocycles. The Morgan fingerprint density at radius 2 is 1.79 bits per heavy atom. The summed E-state index contributed by atoms with van der Waals surface area (Å²) in [6.45, 7) is 9.39. The van der Waals surface area contributed by atoms with Gasteiger partial charge in [-0.3, -0.25) is 0 Å². The molecule has 4 rings (SSSR count). The predicted molar refractivity (Wildman–Crippen MR) is 101 cm³/mol. The largest absolute Gasteiger partial charge is 0.390 e. The molecule has 4 fully saturated rings. The van der Waals surface area contributed by atoms with Gasteiger partial charge in [0.1, 0.15) is 0 Å². The van der Waals surface area contributed by atoms with Gasteiger partial charge in [0, 0.05) is 0 Å². The summed E-state index contributed by atoms with van der Waals surface area (Å²) in [6.07, 6.45) is 14.3. The van der Waals surface area contributed by atoms with E-state index < -0.39 is 0 Å². The molecule has 1 N–H and O–H groups in total. The van der Waals surface area contributed by atoms with Crippen molar-refractivity contribution < 1.29 is 5.11 Å². The molecule has 1 heteroatoms. The summed E-state index contributed by atoms with van der Waals surface area (Å²) in [5.74, 6) is 5.52. The van der Waals surface area contributed by atoms with Gasteiger partial charge in [-0.05, 0) is 106 Å². The van der Waals surface area contributed by atoms with Crippen LogP contribution in [-0.2, 0) is 0 Å². The van der Waals surface area contributed by atoms with Gasteiger partial charge in [-0.25, -0.2) is 0 Å². The molecule has 0 radical (unpaired) electrons. The van der Waals surface area contributed by atoms with Gasteiger partial charge in [0.15, 0.2) is 0 Å². The van der Waals surface area contributed by atoms with E-state index in [2.05, 4.69) is 33.8 Å². The Morgan fingerprint density at radius 1 is 1.04 bits per heavy atom. The molecule has 4 aliphatic rings. The van der Waals surface area contributed by atoms with Crippen LogP contribution in [0.2, 0.25) is 0 Å². The van der Waals surface area contributed by atoms with Crippen LogP contribution in [0.3, 0.4) is 0 Å². The van der Waals surface area contributed by atoms with E-state index in [9.17, 15) is 5.11 Å². The zero-order valence-electron chi connectivity index (χ0n) is 16.4. The minimum atomic E-state index is -0.380. The van der Waals surface area contributed by atoms with Crippen molar-refractivity contribution in [2.45, 2.75) is 91.1 Å². The number of hydrogen-bond donors (Lipinski definition) is 1. The molecule has 0 saturated heterocycles. The lowest BCUT2D eigenvalue weighted by molar-refractivity contribution is -0.0969. The van der Waals surface area contributed by atoms with Crippen molar-refractivity contribution in [3.63, 3.8) is 0 Å². The summed E-state index contributed by atoms with van der Waals surface area (Å²) in [6, 6.07) is 0. The second-order valence-corrected chi connectivity index (χ2v) is 10.2. The first-order chi connectivity index (χ1) is 11.4. The first-order valence-corrected chi connectivity index (χ1v) is 10.8. The standard InChI is InChI=1S/C23H38O/c1-5-15-13-17(6-2)23(4)12-10-19-18-9-11-22(3,24)14-16(18)7-8-20(19)21(15)23/h6,15-16,18-21,24H,5,7-14H2,1-4H3/t15-,16-,18+,19-,20-,21+,22-,23-/m1/s1. The van der Waals surface area contributed by atoms with Gasteiger partial charge in [-0.1, -0.05) is 31.9 Å². The van der Waals surface area contributed by atoms with Crippen molar-refractivity contribution >= 4 is 0 Å². The van der Waals surface area contributed by atoms with Gasteiger partial charge in [-0.15, -0.1) is 0 Å². The molecule has 4 saturated carbocycles. The fraction of sp³-hybridized carbons (Fsp3) is 0.913. The number of aliphatic hydroxyl groups is 1. The molecule has 1 nitrogen and oxygen atoms in total. The summed E-state index contributed by atoms with van der Waals surface area (Å²) < 4.78 is 0. The fourth-order valence-corrected chi connectivity index (χ4v) is 8.06. The molecule has 0 unspecified atom stereocenters. The van der Waals surface area contributed by atoms with E-state index in [0.717, 1.165) is 48.3 Å². The third kappa shape index (κ3) is 2.44. The van der Waals surface area contributed by atoms with Crippen LogP contribution in [-0.4, -0.2) is 10.7 Å². The van der Waals surface area contributed by atoms with Crippen molar-refractivity contribution in [3.8, 4) is 0 Å². The highest BCUT2D eigenvalue weighted by Gasteiger charge is 2.58. The van der Waals surface area contributed by atoms with Crippen LogP contribution in [0, 0.1) is 40.9 Å². The van der Waals surface area contributed by atoms with Gasteiger partial charge in [-0.2, -0.15) is 0 Å². The normalized spacial score (nSPS) is 55.8. The van der Waals surface area contributed by atoms with E-state index in [-0.39, 0.29) is 5.60 Å². The molecule has 8 atom stereocenters. The zero-order chi connectivity index (χ0) is 17.1. The highest BCUT2D eigenvalue weighted by molar-refractivity contribution is 5.25. The monoisotopic (exact) mass is 330 g/mol. The maximum absolute atomic E-state index is 10.5. The maximum Gasteiger partial charge on any atom is 0.0622 e.